The van der Waals surface area contributed by atoms with E-state index in [9.17, 15) is 4.79 Å². The molecule has 2 heterocycles. The summed E-state index contributed by atoms with van der Waals surface area (Å²) in [6.07, 6.45) is 9.62. The highest BCUT2D eigenvalue weighted by Crippen LogP contribution is 2.45. The van der Waals surface area contributed by atoms with E-state index in [1.54, 1.807) is 0 Å². The molecule has 1 saturated heterocycles. The molecule has 5 heteroatoms. The summed E-state index contributed by atoms with van der Waals surface area (Å²) in [4.78, 5) is 16.1. The summed E-state index contributed by atoms with van der Waals surface area (Å²) in [7, 11) is 1.99. The molecule has 5 nitrogen and oxygen atoms in total. The van der Waals surface area contributed by atoms with Crippen molar-refractivity contribution in [3.63, 3.8) is 0 Å². The zero-order valence-corrected chi connectivity index (χ0v) is 18.2. The number of benzene rings is 1. The first-order valence-electron chi connectivity index (χ1n) is 11.7. The van der Waals surface area contributed by atoms with Crippen LogP contribution in [0.15, 0.2) is 18.2 Å². The monoisotopic (exact) mass is 404 g/mol. The van der Waals surface area contributed by atoms with Gasteiger partial charge in [0, 0.05) is 30.9 Å². The van der Waals surface area contributed by atoms with E-state index in [2.05, 4.69) is 29.2 Å². The lowest BCUT2D eigenvalue weighted by molar-refractivity contribution is -0.142. The first-order valence-corrected chi connectivity index (χ1v) is 11.7. The summed E-state index contributed by atoms with van der Waals surface area (Å²) in [5.74, 6) is 1.31. The van der Waals surface area contributed by atoms with Crippen molar-refractivity contribution in [3.05, 3.63) is 29.5 Å². The number of hydrogen-bond acceptors (Lipinski definition) is 3. The molecule has 4 atom stereocenters. The van der Waals surface area contributed by atoms with Crippen LogP contribution in [0, 0.1) is 17.2 Å². The first kappa shape index (κ1) is 19.6. The van der Waals surface area contributed by atoms with Gasteiger partial charge in [0.25, 0.3) is 0 Å². The van der Waals surface area contributed by atoms with Gasteiger partial charge in [-0.2, -0.15) is 10.4 Å². The van der Waals surface area contributed by atoms with Crippen LogP contribution in [-0.2, 0) is 11.8 Å². The largest absolute Gasteiger partial charge is 0.336 e. The minimum absolute atomic E-state index is 0.210. The highest BCUT2D eigenvalue weighted by atomic mass is 16.2. The van der Waals surface area contributed by atoms with Crippen LogP contribution in [-0.4, -0.2) is 32.7 Å². The molecule has 2 aromatic rings. The highest BCUT2D eigenvalue weighted by Gasteiger charge is 2.42. The van der Waals surface area contributed by atoms with Gasteiger partial charge in [-0.25, -0.2) is 0 Å². The molecule has 3 fully saturated rings. The van der Waals surface area contributed by atoms with Crippen LogP contribution in [0.3, 0.4) is 0 Å². The third-order valence-corrected chi connectivity index (χ3v) is 7.73. The molecule has 1 amide bonds. The number of nitrogens with zero attached hydrogens (tertiary/aromatic N) is 4. The molecule has 1 aromatic heterocycles. The standard InChI is InChI=1S/C25H32N4O/c1-16(24-23-21(18-11-12-18)9-4-10-22(23)28(2)27-24)25(30)29-19-7-3-6-17(14-19)15-20(29)8-5-13-26/h4,9-10,16-20H,3,5-8,11-12,14-15H2,1-2H3. The van der Waals surface area contributed by atoms with Gasteiger partial charge in [-0.05, 0) is 68.9 Å². The van der Waals surface area contributed by atoms with E-state index in [0.717, 1.165) is 42.8 Å². The summed E-state index contributed by atoms with van der Waals surface area (Å²) in [5, 5.41) is 15.2. The van der Waals surface area contributed by atoms with Crippen LogP contribution in [0.2, 0.25) is 0 Å². The Morgan fingerprint density at radius 1 is 1.27 bits per heavy atom. The molecule has 3 aliphatic rings. The quantitative estimate of drug-likeness (QED) is 0.703. The van der Waals surface area contributed by atoms with Crippen molar-refractivity contribution >= 4 is 16.8 Å². The number of likely N-dealkylation sites (tertiary alicyclic amines) is 1. The van der Waals surface area contributed by atoms with E-state index < -0.39 is 0 Å². The number of piperidine rings is 1. The molecule has 158 valence electrons. The summed E-state index contributed by atoms with van der Waals surface area (Å²) < 4.78 is 1.94. The van der Waals surface area contributed by atoms with Gasteiger partial charge in [0.1, 0.15) is 0 Å². The molecule has 1 aliphatic heterocycles. The van der Waals surface area contributed by atoms with E-state index in [1.165, 1.54) is 36.6 Å². The SMILES string of the molecule is CC(C(=O)N1C(CCC#N)CC2CCCC1C2)c1nn(C)c2cccc(C3CC3)c12. The minimum atomic E-state index is -0.253. The fourth-order valence-electron chi connectivity index (χ4n) is 6.12. The van der Waals surface area contributed by atoms with Crippen molar-refractivity contribution in [1.29, 1.82) is 5.26 Å². The highest BCUT2D eigenvalue weighted by molar-refractivity contribution is 5.93. The Morgan fingerprint density at radius 3 is 2.87 bits per heavy atom. The predicted molar refractivity (Wildman–Crippen MR) is 117 cm³/mol. The van der Waals surface area contributed by atoms with E-state index in [0.29, 0.717) is 18.4 Å². The van der Waals surface area contributed by atoms with Crippen LogP contribution < -0.4 is 0 Å². The second kappa shape index (κ2) is 7.72. The number of aromatic nitrogens is 2. The number of carbonyl (C=O) groups excluding carboxylic acids is 1. The number of nitriles is 1. The van der Waals surface area contributed by atoms with E-state index in [1.807, 2.05) is 18.7 Å². The van der Waals surface area contributed by atoms with E-state index in [4.69, 9.17) is 10.4 Å². The molecule has 2 saturated carbocycles. The predicted octanol–water partition coefficient (Wildman–Crippen LogP) is 5.02. The summed E-state index contributed by atoms with van der Waals surface area (Å²) in [6.45, 7) is 2.05. The van der Waals surface area contributed by atoms with Crippen molar-refractivity contribution in [2.45, 2.75) is 88.6 Å². The number of amides is 1. The summed E-state index contributed by atoms with van der Waals surface area (Å²) in [5.41, 5.74) is 3.44. The van der Waals surface area contributed by atoms with Crippen molar-refractivity contribution < 1.29 is 4.79 Å². The second-order valence-electron chi connectivity index (χ2n) is 9.76. The molecule has 0 N–H and O–H groups in total. The Morgan fingerprint density at radius 2 is 2.10 bits per heavy atom. The lowest BCUT2D eigenvalue weighted by atomic mass is 9.75. The number of fused-ring (bicyclic) bond motifs is 3. The lowest BCUT2D eigenvalue weighted by Gasteiger charge is -2.49. The zero-order valence-electron chi connectivity index (χ0n) is 18.2. The second-order valence-corrected chi connectivity index (χ2v) is 9.76. The molecule has 2 bridgehead atoms. The third-order valence-electron chi connectivity index (χ3n) is 7.73. The van der Waals surface area contributed by atoms with E-state index in [-0.39, 0.29) is 17.9 Å². The average Bonchev–Trinajstić information content (AvgIpc) is 3.54. The average molecular weight is 405 g/mol. The molecular weight excluding hydrogens is 372 g/mol. The van der Waals surface area contributed by atoms with Crippen molar-refractivity contribution in [1.82, 2.24) is 14.7 Å². The Kier molecular flexibility index (Phi) is 5.05. The molecule has 1 aromatic carbocycles. The Hall–Kier alpha value is -2.35. The number of carbonyl (C=O) groups is 1. The van der Waals surface area contributed by atoms with Gasteiger partial charge in [-0.15, -0.1) is 0 Å². The molecule has 0 radical (unpaired) electrons. The maximum Gasteiger partial charge on any atom is 0.232 e. The topological polar surface area (TPSA) is 61.9 Å². The van der Waals surface area contributed by atoms with Crippen LogP contribution in [0.1, 0.15) is 87.8 Å². The van der Waals surface area contributed by atoms with Crippen LogP contribution in [0.4, 0.5) is 0 Å². The Labute approximate surface area is 179 Å². The van der Waals surface area contributed by atoms with E-state index >= 15 is 0 Å². The van der Waals surface area contributed by atoms with Gasteiger partial charge in [-0.3, -0.25) is 9.48 Å². The maximum atomic E-state index is 13.9. The molecule has 5 rings (SSSR count). The van der Waals surface area contributed by atoms with Gasteiger partial charge in [0.05, 0.1) is 23.2 Å². The normalized spacial score (nSPS) is 27.1. The zero-order chi connectivity index (χ0) is 20.8. The van der Waals surface area contributed by atoms with Gasteiger partial charge in [0.2, 0.25) is 5.91 Å². The molecule has 0 spiro atoms. The smallest absolute Gasteiger partial charge is 0.232 e. The van der Waals surface area contributed by atoms with Crippen molar-refractivity contribution in [2.75, 3.05) is 0 Å². The molecule has 2 aliphatic carbocycles. The first-order chi connectivity index (χ1) is 14.6. The van der Waals surface area contributed by atoms with Gasteiger partial charge in [-0.1, -0.05) is 25.0 Å². The molecule has 4 unspecified atom stereocenters. The number of aryl methyl sites for hydroxylation is 1. The number of hydrogen-bond donors (Lipinski definition) is 0. The Balaban J connectivity index is 1.50. The Bertz CT molecular complexity index is 998. The van der Waals surface area contributed by atoms with Crippen LogP contribution >= 0.6 is 0 Å². The third kappa shape index (κ3) is 3.31. The van der Waals surface area contributed by atoms with Crippen molar-refractivity contribution in [2.24, 2.45) is 13.0 Å². The fourth-order valence-corrected chi connectivity index (χ4v) is 6.12. The van der Waals surface area contributed by atoms with Gasteiger partial charge in [0.15, 0.2) is 0 Å². The molecular formula is C25H32N4O. The van der Waals surface area contributed by atoms with Gasteiger partial charge >= 0.3 is 0 Å². The van der Waals surface area contributed by atoms with Crippen molar-refractivity contribution in [3.8, 4) is 6.07 Å². The fraction of sp³-hybridized carbons (Fsp3) is 0.640. The molecule has 30 heavy (non-hydrogen) atoms. The maximum absolute atomic E-state index is 13.9. The minimum Gasteiger partial charge on any atom is -0.336 e. The van der Waals surface area contributed by atoms with Crippen LogP contribution in [0.5, 0.6) is 0 Å². The van der Waals surface area contributed by atoms with Gasteiger partial charge < -0.3 is 4.90 Å². The summed E-state index contributed by atoms with van der Waals surface area (Å²) >= 11 is 0. The number of rotatable bonds is 5. The lowest BCUT2D eigenvalue weighted by Crippen LogP contribution is -2.54. The summed E-state index contributed by atoms with van der Waals surface area (Å²) in [6, 6.07) is 9.33. The van der Waals surface area contributed by atoms with Crippen LogP contribution in [0.25, 0.3) is 10.9 Å².